The lowest BCUT2D eigenvalue weighted by molar-refractivity contribution is -0.188. The van der Waals surface area contributed by atoms with E-state index in [1.165, 1.54) is 7.11 Å². The number of esters is 1. The second-order valence-electron chi connectivity index (χ2n) is 4.90. The van der Waals surface area contributed by atoms with Crippen molar-refractivity contribution in [3.63, 3.8) is 0 Å². The molecule has 0 spiro atoms. The number of rotatable bonds is 3. The first-order valence-electron chi connectivity index (χ1n) is 5.74. The van der Waals surface area contributed by atoms with E-state index in [9.17, 15) is 13.6 Å². The van der Waals surface area contributed by atoms with Crippen LogP contribution in [0.1, 0.15) is 12.8 Å². The third-order valence-corrected chi connectivity index (χ3v) is 3.49. The van der Waals surface area contributed by atoms with Gasteiger partial charge in [-0.3, -0.25) is 4.79 Å². The second-order valence-corrected chi connectivity index (χ2v) is 4.90. The smallest absolute Gasteiger partial charge is 0.317 e. The summed E-state index contributed by atoms with van der Waals surface area (Å²) in [6, 6.07) is 0. The van der Waals surface area contributed by atoms with Gasteiger partial charge in [0.25, 0.3) is 5.92 Å². The first kappa shape index (κ1) is 12.7. The standard InChI is InChI=1S/C11H17F2NO3/c1-16-9(15)10(7-17-8-10)6-14-4-2-11(12,13)3-5-14/h2-8H2,1H3. The predicted octanol–water partition coefficient (Wildman–Crippen LogP) is 0.907. The fourth-order valence-corrected chi connectivity index (χ4v) is 2.30. The van der Waals surface area contributed by atoms with Gasteiger partial charge in [0, 0.05) is 32.5 Å². The van der Waals surface area contributed by atoms with Crippen molar-refractivity contribution in [3.8, 4) is 0 Å². The van der Waals surface area contributed by atoms with Gasteiger partial charge in [0.15, 0.2) is 0 Å². The zero-order chi connectivity index (χ0) is 12.5. The lowest BCUT2D eigenvalue weighted by Gasteiger charge is -2.43. The highest BCUT2D eigenvalue weighted by Crippen LogP contribution is 2.33. The Kier molecular flexibility index (Phi) is 3.36. The molecule has 2 aliphatic heterocycles. The van der Waals surface area contributed by atoms with Gasteiger partial charge in [0.05, 0.1) is 20.3 Å². The molecule has 0 radical (unpaired) electrons. The van der Waals surface area contributed by atoms with E-state index >= 15 is 0 Å². The molecule has 0 saturated carbocycles. The van der Waals surface area contributed by atoms with Crippen molar-refractivity contribution in [2.24, 2.45) is 5.41 Å². The maximum Gasteiger partial charge on any atom is 0.317 e. The number of halogens is 2. The molecular weight excluding hydrogens is 232 g/mol. The lowest BCUT2D eigenvalue weighted by Crippen LogP contribution is -2.57. The summed E-state index contributed by atoms with van der Waals surface area (Å²) in [4.78, 5) is 13.5. The number of carbonyl (C=O) groups is 1. The highest BCUT2D eigenvalue weighted by atomic mass is 19.3. The average Bonchev–Trinajstić information content (AvgIpc) is 2.24. The molecule has 0 amide bonds. The third-order valence-electron chi connectivity index (χ3n) is 3.49. The first-order valence-corrected chi connectivity index (χ1v) is 5.74. The van der Waals surface area contributed by atoms with Gasteiger partial charge in [0.2, 0.25) is 0 Å². The molecule has 2 rings (SSSR count). The van der Waals surface area contributed by atoms with Crippen LogP contribution < -0.4 is 0 Å². The van der Waals surface area contributed by atoms with Crippen LogP contribution in [0.15, 0.2) is 0 Å². The van der Waals surface area contributed by atoms with Crippen molar-refractivity contribution >= 4 is 5.97 Å². The minimum Gasteiger partial charge on any atom is -0.468 e. The molecule has 17 heavy (non-hydrogen) atoms. The summed E-state index contributed by atoms with van der Waals surface area (Å²) < 4.78 is 35.8. The number of carbonyl (C=O) groups excluding carboxylic acids is 1. The van der Waals surface area contributed by atoms with Crippen molar-refractivity contribution in [3.05, 3.63) is 0 Å². The van der Waals surface area contributed by atoms with Crippen LogP contribution in [0.25, 0.3) is 0 Å². The Morgan fingerprint density at radius 1 is 1.35 bits per heavy atom. The number of alkyl halides is 2. The molecule has 0 aromatic carbocycles. The van der Waals surface area contributed by atoms with Gasteiger partial charge in [-0.2, -0.15) is 0 Å². The molecule has 2 fully saturated rings. The van der Waals surface area contributed by atoms with Gasteiger partial charge >= 0.3 is 5.97 Å². The maximum absolute atomic E-state index is 13.0. The van der Waals surface area contributed by atoms with Gasteiger partial charge in [-0.05, 0) is 0 Å². The van der Waals surface area contributed by atoms with Crippen LogP contribution in [0.2, 0.25) is 0 Å². The van der Waals surface area contributed by atoms with Gasteiger partial charge in [0.1, 0.15) is 5.41 Å². The van der Waals surface area contributed by atoms with Crippen LogP contribution in [-0.4, -0.2) is 56.7 Å². The van der Waals surface area contributed by atoms with Crippen LogP contribution in [0.5, 0.6) is 0 Å². The zero-order valence-corrected chi connectivity index (χ0v) is 9.88. The minimum absolute atomic E-state index is 0.134. The second kappa shape index (κ2) is 4.49. The summed E-state index contributed by atoms with van der Waals surface area (Å²) in [5.74, 6) is -2.86. The Bertz CT molecular complexity index is 295. The monoisotopic (exact) mass is 249 g/mol. The number of hydrogen-bond acceptors (Lipinski definition) is 4. The van der Waals surface area contributed by atoms with E-state index in [1.54, 1.807) is 0 Å². The molecule has 0 aromatic rings. The van der Waals surface area contributed by atoms with Crippen molar-refractivity contribution < 1.29 is 23.0 Å². The Balaban J connectivity index is 1.90. The topological polar surface area (TPSA) is 38.8 Å². The molecule has 2 heterocycles. The van der Waals surface area contributed by atoms with Crippen molar-refractivity contribution in [1.82, 2.24) is 4.90 Å². The fourth-order valence-electron chi connectivity index (χ4n) is 2.30. The molecule has 0 atom stereocenters. The summed E-state index contributed by atoms with van der Waals surface area (Å²) in [6.45, 7) is 1.76. The van der Waals surface area contributed by atoms with E-state index in [0.717, 1.165) is 0 Å². The molecule has 0 aliphatic carbocycles. The highest BCUT2D eigenvalue weighted by molar-refractivity contribution is 5.78. The number of methoxy groups -OCH3 is 1. The van der Waals surface area contributed by atoms with Crippen molar-refractivity contribution in [1.29, 1.82) is 0 Å². The van der Waals surface area contributed by atoms with E-state index in [1.807, 2.05) is 4.90 Å². The summed E-state index contributed by atoms with van der Waals surface area (Å²) in [5.41, 5.74) is -0.638. The predicted molar refractivity (Wildman–Crippen MR) is 55.9 cm³/mol. The van der Waals surface area contributed by atoms with Crippen LogP contribution in [0, 0.1) is 5.41 Å². The van der Waals surface area contributed by atoms with Gasteiger partial charge in [-0.15, -0.1) is 0 Å². The zero-order valence-electron chi connectivity index (χ0n) is 9.88. The first-order chi connectivity index (χ1) is 7.97. The quantitative estimate of drug-likeness (QED) is 0.697. The molecular formula is C11H17F2NO3. The van der Waals surface area contributed by atoms with Crippen LogP contribution >= 0.6 is 0 Å². The van der Waals surface area contributed by atoms with Gasteiger partial charge in [-0.1, -0.05) is 0 Å². The van der Waals surface area contributed by atoms with Crippen LogP contribution in [0.3, 0.4) is 0 Å². The van der Waals surface area contributed by atoms with E-state index in [2.05, 4.69) is 0 Å². The molecule has 2 aliphatic rings. The fraction of sp³-hybridized carbons (Fsp3) is 0.909. The molecule has 0 aromatic heterocycles. The molecule has 2 saturated heterocycles. The molecule has 0 bridgehead atoms. The molecule has 0 N–H and O–H groups in total. The third kappa shape index (κ3) is 2.57. The largest absolute Gasteiger partial charge is 0.468 e. The number of likely N-dealkylation sites (tertiary alicyclic amines) is 1. The Labute approximate surface area is 98.9 Å². The molecule has 4 nitrogen and oxygen atoms in total. The SMILES string of the molecule is COC(=O)C1(CN2CCC(F)(F)CC2)COC1. The van der Waals surface area contributed by atoms with E-state index in [0.29, 0.717) is 32.8 Å². The minimum atomic E-state index is -2.55. The summed E-state index contributed by atoms with van der Waals surface area (Å²) in [7, 11) is 1.34. The van der Waals surface area contributed by atoms with E-state index in [4.69, 9.17) is 9.47 Å². The van der Waals surface area contributed by atoms with Crippen LogP contribution in [-0.2, 0) is 14.3 Å². The number of ether oxygens (including phenoxy) is 2. The van der Waals surface area contributed by atoms with Gasteiger partial charge < -0.3 is 14.4 Å². The average molecular weight is 249 g/mol. The Morgan fingerprint density at radius 2 is 1.94 bits per heavy atom. The molecule has 98 valence electrons. The molecule has 0 unspecified atom stereocenters. The number of nitrogens with zero attached hydrogens (tertiary/aromatic N) is 1. The normalized spacial score (nSPS) is 27.2. The highest BCUT2D eigenvalue weighted by Gasteiger charge is 2.49. The number of hydrogen-bond donors (Lipinski definition) is 0. The van der Waals surface area contributed by atoms with E-state index in [-0.39, 0.29) is 18.8 Å². The summed E-state index contributed by atoms with van der Waals surface area (Å²) >= 11 is 0. The van der Waals surface area contributed by atoms with E-state index < -0.39 is 11.3 Å². The maximum atomic E-state index is 13.0. The van der Waals surface area contributed by atoms with Crippen LogP contribution in [0.4, 0.5) is 8.78 Å². The Morgan fingerprint density at radius 3 is 2.35 bits per heavy atom. The Hall–Kier alpha value is -0.750. The van der Waals surface area contributed by atoms with Gasteiger partial charge in [-0.25, -0.2) is 8.78 Å². The van der Waals surface area contributed by atoms with Crippen molar-refractivity contribution in [2.75, 3.05) is 40.0 Å². The molecule has 6 heteroatoms. The summed E-state index contributed by atoms with van der Waals surface area (Å²) in [5, 5.41) is 0. The summed E-state index contributed by atoms with van der Waals surface area (Å²) in [6.07, 6.45) is -0.268. The number of piperidine rings is 1. The van der Waals surface area contributed by atoms with Crippen molar-refractivity contribution in [2.45, 2.75) is 18.8 Å². The lowest BCUT2D eigenvalue weighted by atomic mass is 9.84.